The fourth-order valence-corrected chi connectivity index (χ4v) is 3.55. The molecule has 4 rings (SSSR count). The molecule has 1 aromatic heterocycles. The fraction of sp³-hybridized carbons (Fsp3) is 0.211. The first-order chi connectivity index (χ1) is 12.6. The molecule has 0 unspecified atom stereocenters. The standard InChI is InChI=1S/C19H18N4O3/c1-20-17-7-6-12(10-18(17)23(25)26)19(24)22-9-8-16-14(11-22)13-4-2-3-5-15(13)21-16/h2-7,10,20-21H,8-9,11H2,1H3. The van der Waals surface area contributed by atoms with Gasteiger partial charge in [-0.05, 0) is 18.2 Å². The molecule has 0 saturated carbocycles. The van der Waals surface area contributed by atoms with Gasteiger partial charge in [-0.1, -0.05) is 18.2 Å². The van der Waals surface area contributed by atoms with Gasteiger partial charge in [-0.15, -0.1) is 0 Å². The van der Waals surface area contributed by atoms with E-state index in [4.69, 9.17) is 0 Å². The molecule has 26 heavy (non-hydrogen) atoms. The van der Waals surface area contributed by atoms with Crippen LogP contribution in [0.4, 0.5) is 11.4 Å². The van der Waals surface area contributed by atoms with Crippen LogP contribution in [-0.4, -0.2) is 34.3 Å². The van der Waals surface area contributed by atoms with Gasteiger partial charge in [0.1, 0.15) is 5.69 Å². The minimum atomic E-state index is -0.476. The first-order valence-electron chi connectivity index (χ1n) is 8.42. The van der Waals surface area contributed by atoms with Gasteiger partial charge >= 0.3 is 0 Å². The van der Waals surface area contributed by atoms with Crippen LogP contribution >= 0.6 is 0 Å². The smallest absolute Gasteiger partial charge is 0.293 e. The van der Waals surface area contributed by atoms with E-state index in [0.29, 0.717) is 24.3 Å². The van der Waals surface area contributed by atoms with Crippen molar-refractivity contribution in [2.45, 2.75) is 13.0 Å². The molecule has 0 atom stereocenters. The molecular formula is C19H18N4O3. The van der Waals surface area contributed by atoms with E-state index in [0.717, 1.165) is 28.6 Å². The normalized spacial score (nSPS) is 13.5. The molecule has 0 bridgehead atoms. The lowest BCUT2D eigenvalue weighted by Gasteiger charge is -2.27. The molecule has 0 aliphatic carbocycles. The van der Waals surface area contributed by atoms with Crippen molar-refractivity contribution in [2.75, 3.05) is 18.9 Å². The number of nitrogens with one attached hydrogen (secondary N) is 2. The quantitative estimate of drug-likeness (QED) is 0.560. The summed E-state index contributed by atoms with van der Waals surface area (Å²) in [5.41, 5.74) is 3.99. The third kappa shape index (κ3) is 2.57. The van der Waals surface area contributed by atoms with Crippen LogP contribution in [0.3, 0.4) is 0 Å². The minimum absolute atomic E-state index is 0.0943. The maximum atomic E-state index is 12.9. The second-order valence-corrected chi connectivity index (χ2v) is 6.34. The van der Waals surface area contributed by atoms with Crippen molar-refractivity contribution >= 4 is 28.2 Å². The summed E-state index contributed by atoms with van der Waals surface area (Å²) in [4.78, 5) is 28.9. The third-order valence-electron chi connectivity index (χ3n) is 4.88. The van der Waals surface area contributed by atoms with Gasteiger partial charge in [0.25, 0.3) is 11.6 Å². The molecule has 0 fully saturated rings. The molecule has 7 heteroatoms. The lowest BCUT2D eigenvalue weighted by atomic mass is 10.0. The predicted octanol–water partition coefficient (Wildman–Crippen LogP) is 3.32. The second kappa shape index (κ2) is 6.18. The average Bonchev–Trinajstić information content (AvgIpc) is 3.04. The molecule has 2 heterocycles. The number of H-pyrrole nitrogens is 1. The highest BCUT2D eigenvalue weighted by atomic mass is 16.6. The Kier molecular flexibility index (Phi) is 3.84. The zero-order valence-electron chi connectivity index (χ0n) is 14.3. The predicted molar refractivity (Wildman–Crippen MR) is 99.4 cm³/mol. The van der Waals surface area contributed by atoms with Crippen LogP contribution in [0.1, 0.15) is 21.6 Å². The molecule has 2 N–H and O–H groups in total. The van der Waals surface area contributed by atoms with E-state index in [9.17, 15) is 14.9 Å². The number of nitrogens with zero attached hydrogens (tertiary/aromatic N) is 2. The number of fused-ring (bicyclic) bond motifs is 3. The minimum Gasteiger partial charge on any atom is -0.383 e. The van der Waals surface area contributed by atoms with E-state index in [1.165, 1.54) is 6.07 Å². The third-order valence-corrected chi connectivity index (χ3v) is 4.88. The van der Waals surface area contributed by atoms with Gasteiger partial charge in [0.15, 0.2) is 0 Å². The number of carbonyl (C=O) groups is 1. The zero-order valence-corrected chi connectivity index (χ0v) is 14.3. The highest BCUT2D eigenvalue weighted by Crippen LogP contribution is 2.30. The summed E-state index contributed by atoms with van der Waals surface area (Å²) in [6, 6.07) is 12.6. The number of nitro benzene ring substituents is 1. The van der Waals surface area contributed by atoms with Gasteiger partial charge in [0, 0.05) is 60.3 Å². The zero-order chi connectivity index (χ0) is 18.3. The molecule has 0 radical (unpaired) electrons. The van der Waals surface area contributed by atoms with Gasteiger partial charge in [-0.25, -0.2) is 0 Å². The highest BCUT2D eigenvalue weighted by Gasteiger charge is 2.26. The number of aromatic amines is 1. The van der Waals surface area contributed by atoms with Crippen LogP contribution in [0.5, 0.6) is 0 Å². The van der Waals surface area contributed by atoms with E-state index >= 15 is 0 Å². The summed E-state index contributed by atoms with van der Waals surface area (Å²) >= 11 is 0. The van der Waals surface area contributed by atoms with Crippen molar-refractivity contribution in [1.82, 2.24) is 9.88 Å². The second-order valence-electron chi connectivity index (χ2n) is 6.34. The number of amides is 1. The summed E-state index contributed by atoms with van der Waals surface area (Å²) in [7, 11) is 1.62. The lowest BCUT2D eigenvalue weighted by molar-refractivity contribution is -0.384. The van der Waals surface area contributed by atoms with Crippen LogP contribution < -0.4 is 5.32 Å². The maximum Gasteiger partial charge on any atom is 0.293 e. The maximum absolute atomic E-state index is 12.9. The van der Waals surface area contributed by atoms with Crippen molar-refractivity contribution in [1.29, 1.82) is 0 Å². The van der Waals surface area contributed by atoms with Crippen molar-refractivity contribution in [2.24, 2.45) is 0 Å². The summed E-state index contributed by atoms with van der Waals surface area (Å²) < 4.78 is 0. The molecule has 1 amide bonds. The molecule has 132 valence electrons. The van der Waals surface area contributed by atoms with Gasteiger partial charge < -0.3 is 15.2 Å². The summed E-state index contributed by atoms with van der Waals surface area (Å²) in [5, 5.41) is 15.1. The van der Waals surface area contributed by atoms with E-state index in [-0.39, 0.29) is 11.6 Å². The topological polar surface area (TPSA) is 91.3 Å². The van der Waals surface area contributed by atoms with Crippen molar-refractivity contribution in [3.05, 3.63) is 69.4 Å². The Bertz CT molecular complexity index is 1020. The van der Waals surface area contributed by atoms with E-state index in [1.807, 2.05) is 24.3 Å². The average molecular weight is 350 g/mol. The number of benzene rings is 2. The molecule has 2 aromatic carbocycles. The SMILES string of the molecule is CNc1ccc(C(=O)N2CCc3[nH]c4ccccc4c3C2)cc1[N+](=O)[O-]. The van der Waals surface area contributed by atoms with Crippen LogP contribution in [0.15, 0.2) is 42.5 Å². The molecular weight excluding hydrogens is 332 g/mol. The fourth-order valence-electron chi connectivity index (χ4n) is 3.55. The van der Waals surface area contributed by atoms with E-state index in [1.54, 1.807) is 24.1 Å². The van der Waals surface area contributed by atoms with E-state index < -0.39 is 4.92 Å². The molecule has 3 aromatic rings. The molecule has 0 spiro atoms. The number of rotatable bonds is 3. The molecule has 0 saturated heterocycles. The van der Waals surface area contributed by atoms with E-state index in [2.05, 4.69) is 10.3 Å². The molecule has 1 aliphatic rings. The largest absolute Gasteiger partial charge is 0.383 e. The summed E-state index contributed by atoms with van der Waals surface area (Å²) in [6.07, 6.45) is 0.743. The number of para-hydroxylation sites is 1. The van der Waals surface area contributed by atoms with Crippen LogP contribution in [0.25, 0.3) is 10.9 Å². The number of hydrogen-bond donors (Lipinski definition) is 2. The molecule has 7 nitrogen and oxygen atoms in total. The van der Waals surface area contributed by atoms with Crippen LogP contribution in [0.2, 0.25) is 0 Å². The number of carbonyl (C=O) groups excluding carboxylic acids is 1. The Morgan fingerprint density at radius 2 is 2.08 bits per heavy atom. The summed E-state index contributed by atoms with van der Waals surface area (Å²) in [6.45, 7) is 1.08. The van der Waals surface area contributed by atoms with Gasteiger partial charge in [-0.2, -0.15) is 0 Å². The Morgan fingerprint density at radius 3 is 2.85 bits per heavy atom. The monoisotopic (exact) mass is 350 g/mol. The van der Waals surface area contributed by atoms with Crippen molar-refractivity contribution in [3.8, 4) is 0 Å². The van der Waals surface area contributed by atoms with Crippen molar-refractivity contribution in [3.63, 3.8) is 0 Å². The highest BCUT2D eigenvalue weighted by molar-refractivity contribution is 5.96. The number of aromatic nitrogens is 1. The summed E-state index contributed by atoms with van der Waals surface area (Å²) in [5.74, 6) is -0.188. The van der Waals surface area contributed by atoms with Crippen molar-refractivity contribution < 1.29 is 9.72 Å². The van der Waals surface area contributed by atoms with Crippen LogP contribution in [-0.2, 0) is 13.0 Å². The van der Waals surface area contributed by atoms with Gasteiger partial charge in [0.05, 0.1) is 4.92 Å². The van der Waals surface area contributed by atoms with Gasteiger partial charge in [-0.3, -0.25) is 14.9 Å². The number of anilines is 1. The first-order valence-corrected chi connectivity index (χ1v) is 8.42. The Hall–Kier alpha value is -3.35. The molecule has 1 aliphatic heterocycles. The Morgan fingerprint density at radius 1 is 1.27 bits per heavy atom. The van der Waals surface area contributed by atoms with Crippen LogP contribution in [0, 0.1) is 10.1 Å². The van der Waals surface area contributed by atoms with Gasteiger partial charge in [0.2, 0.25) is 0 Å². The first kappa shape index (κ1) is 16.1. The Labute approximate surface area is 149 Å². The number of nitro groups is 1. The lowest BCUT2D eigenvalue weighted by Crippen LogP contribution is -2.35. The Balaban J connectivity index is 1.66. The number of hydrogen-bond acceptors (Lipinski definition) is 4.